The molecule has 2 rings (SSSR count). The highest BCUT2D eigenvalue weighted by atomic mass is 35.5. The molecule has 0 saturated carbocycles. The number of aromatic nitrogens is 1. The first kappa shape index (κ1) is 11.2. The van der Waals surface area contributed by atoms with Crippen molar-refractivity contribution in [3.63, 3.8) is 0 Å². The quantitative estimate of drug-likeness (QED) is 0.914. The number of aryl methyl sites for hydroxylation is 1. The van der Waals surface area contributed by atoms with E-state index in [1.807, 2.05) is 11.4 Å². The lowest BCUT2D eigenvalue weighted by Gasteiger charge is -2.05. The summed E-state index contributed by atoms with van der Waals surface area (Å²) in [5.74, 6) is 0. The first-order valence-corrected chi connectivity index (χ1v) is 6.04. The van der Waals surface area contributed by atoms with Gasteiger partial charge in [0.1, 0.15) is 0 Å². The number of hydrogen-bond acceptors (Lipinski definition) is 3. The molecule has 0 radical (unpaired) electrons. The maximum absolute atomic E-state index is 11.2. The van der Waals surface area contributed by atoms with Crippen LogP contribution in [0.1, 0.15) is 4.88 Å². The molecular formula is C11H11ClN2OS. The van der Waals surface area contributed by atoms with Crippen LogP contribution in [0.25, 0.3) is 0 Å². The summed E-state index contributed by atoms with van der Waals surface area (Å²) in [6.45, 7) is 0.718. The van der Waals surface area contributed by atoms with Crippen LogP contribution in [-0.2, 0) is 13.6 Å². The lowest BCUT2D eigenvalue weighted by atomic mass is 10.4. The summed E-state index contributed by atoms with van der Waals surface area (Å²) in [5.41, 5.74) is 0.913. The summed E-state index contributed by atoms with van der Waals surface area (Å²) in [4.78, 5) is 12.3. The molecule has 2 heterocycles. The Hall–Kier alpha value is -1.26. The fourth-order valence-electron chi connectivity index (χ4n) is 1.33. The highest BCUT2D eigenvalue weighted by Gasteiger charge is 1.98. The molecule has 0 aliphatic carbocycles. The van der Waals surface area contributed by atoms with E-state index in [9.17, 15) is 4.79 Å². The molecule has 0 bridgehead atoms. The third kappa shape index (κ3) is 2.65. The van der Waals surface area contributed by atoms with Gasteiger partial charge in [0, 0.05) is 36.1 Å². The molecule has 0 atom stereocenters. The van der Waals surface area contributed by atoms with Gasteiger partial charge in [0.15, 0.2) is 0 Å². The molecule has 2 aromatic heterocycles. The van der Waals surface area contributed by atoms with Crippen molar-refractivity contribution >= 4 is 28.6 Å². The molecule has 84 valence electrons. The molecule has 0 saturated heterocycles. The number of hydrogen-bond donors (Lipinski definition) is 1. The zero-order valence-corrected chi connectivity index (χ0v) is 10.3. The number of thiophene rings is 1. The second kappa shape index (κ2) is 4.72. The average molecular weight is 255 g/mol. The van der Waals surface area contributed by atoms with Gasteiger partial charge in [0.2, 0.25) is 5.56 Å². The fraction of sp³-hybridized carbons (Fsp3) is 0.182. The Kier molecular flexibility index (Phi) is 3.31. The van der Waals surface area contributed by atoms with Gasteiger partial charge in [-0.15, -0.1) is 11.3 Å². The van der Waals surface area contributed by atoms with Crippen LogP contribution in [-0.4, -0.2) is 4.57 Å². The van der Waals surface area contributed by atoms with Gasteiger partial charge < -0.3 is 9.88 Å². The molecule has 0 aliphatic rings. The SMILES string of the molecule is Cn1cc(NCc2cc(Cl)cs2)ccc1=O. The van der Waals surface area contributed by atoms with Crippen LogP contribution in [0.3, 0.4) is 0 Å². The predicted molar refractivity (Wildman–Crippen MR) is 68.3 cm³/mol. The molecule has 0 amide bonds. The molecule has 0 fully saturated rings. The Bertz CT molecular complexity index is 547. The molecule has 16 heavy (non-hydrogen) atoms. The molecule has 5 heteroatoms. The van der Waals surface area contributed by atoms with Gasteiger partial charge in [0.25, 0.3) is 0 Å². The van der Waals surface area contributed by atoms with E-state index < -0.39 is 0 Å². The van der Waals surface area contributed by atoms with Gasteiger partial charge in [-0.2, -0.15) is 0 Å². The first-order valence-electron chi connectivity index (χ1n) is 4.78. The predicted octanol–water partition coefficient (Wildman–Crippen LogP) is 2.71. The molecular weight excluding hydrogens is 244 g/mol. The summed E-state index contributed by atoms with van der Waals surface area (Å²) < 4.78 is 1.55. The van der Waals surface area contributed by atoms with Crippen LogP contribution in [0.4, 0.5) is 5.69 Å². The van der Waals surface area contributed by atoms with Crippen LogP contribution in [0.2, 0.25) is 5.02 Å². The molecule has 1 N–H and O–H groups in total. The molecule has 0 aromatic carbocycles. The van der Waals surface area contributed by atoms with E-state index in [4.69, 9.17) is 11.6 Å². The number of rotatable bonds is 3. The summed E-state index contributed by atoms with van der Waals surface area (Å²) in [5, 5.41) is 5.90. The maximum atomic E-state index is 11.2. The summed E-state index contributed by atoms with van der Waals surface area (Å²) in [7, 11) is 1.73. The minimum absolute atomic E-state index is 0.00952. The van der Waals surface area contributed by atoms with E-state index in [2.05, 4.69) is 5.32 Å². The summed E-state index contributed by atoms with van der Waals surface area (Å²) >= 11 is 7.44. The van der Waals surface area contributed by atoms with Crippen molar-refractivity contribution in [2.75, 3.05) is 5.32 Å². The number of halogens is 1. The van der Waals surface area contributed by atoms with Gasteiger partial charge in [-0.05, 0) is 12.1 Å². The topological polar surface area (TPSA) is 34.0 Å². The van der Waals surface area contributed by atoms with E-state index >= 15 is 0 Å². The van der Waals surface area contributed by atoms with Crippen LogP contribution in [0.15, 0.2) is 34.6 Å². The zero-order valence-electron chi connectivity index (χ0n) is 8.74. The van der Waals surface area contributed by atoms with Crippen LogP contribution >= 0.6 is 22.9 Å². The number of pyridine rings is 1. The van der Waals surface area contributed by atoms with Gasteiger partial charge >= 0.3 is 0 Å². The van der Waals surface area contributed by atoms with Gasteiger partial charge in [0.05, 0.1) is 10.7 Å². The highest BCUT2D eigenvalue weighted by Crippen LogP contribution is 2.19. The first-order chi connectivity index (χ1) is 7.65. The van der Waals surface area contributed by atoms with Crippen molar-refractivity contribution in [1.29, 1.82) is 0 Å². The lowest BCUT2D eigenvalue weighted by Crippen LogP contribution is -2.15. The normalized spacial score (nSPS) is 10.4. The van der Waals surface area contributed by atoms with Crippen molar-refractivity contribution in [2.45, 2.75) is 6.54 Å². The number of nitrogens with zero attached hydrogens (tertiary/aromatic N) is 1. The van der Waals surface area contributed by atoms with E-state index in [1.165, 1.54) is 4.88 Å². The van der Waals surface area contributed by atoms with Gasteiger partial charge in [-0.1, -0.05) is 11.6 Å². The summed E-state index contributed by atoms with van der Waals surface area (Å²) in [6.07, 6.45) is 1.78. The van der Waals surface area contributed by atoms with E-state index in [1.54, 1.807) is 41.3 Å². The monoisotopic (exact) mass is 254 g/mol. The number of nitrogens with one attached hydrogen (secondary N) is 1. The smallest absolute Gasteiger partial charge is 0.250 e. The number of anilines is 1. The Morgan fingerprint density at radius 3 is 2.94 bits per heavy atom. The third-order valence-corrected chi connectivity index (χ3v) is 3.46. The molecule has 0 spiro atoms. The Balaban J connectivity index is 2.05. The second-order valence-electron chi connectivity index (χ2n) is 3.45. The van der Waals surface area contributed by atoms with E-state index in [0.717, 1.165) is 17.3 Å². The zero-order chi connectivity index (χ0) is 11.5. The molecule has 0 unspecified atom stereocenters. The van der Waals surface area contributed by atoms with Crippen LogP contribution in [0, 0.1) is 0 Å². The standard InChI is InChI=1S/C11H11ClN2OS/c1-14-6-9(2-3-11(14)15)13-5-10-4-8(12)7-16-10/h2-4,6-7,13H,5H2,1H3. The Morgan fingerprint density at radius 2 is 2.31 bits per heavy atom. The third-order valence-electron chi connectivity index (χ3n) is 2.17. The van der Waals surface area contributed by atoms with E-state index in [-0.39, 0.29) is 5.56 Å². The Labute approximate surface area is 102 Å². The van der Waals surface area contributed by atoms with Crippen molar-refractivity contribution in [3.8, 4) is 0 Å². The van der Waals surface area contributed by atoms with Crippen molar-refractivity contribution in [2.24, 2.45) is 7.05 Å². The van der Waals surface area contributed by atoms with Crippen LogP contribution in [0.5, 0.6) is 0 Å². The van der Waals surface area contributed by atoms with Gasteiger partial charge in [-0.3, -0.25) is 4.79 Å². The molecule has 0 aliphatic heterocycles. The second-order valence-corrected chi connectivity index (χ2v) is 4.88. The van der Waals surface area contributed by atoms with Crippen LogP contribution < -0.4 is 10.9 Å². The van der Waals surface area contributed by atoms with Crippen molar-refractivity contribution in [1.82, 2.24) is 4.57 Å². The molecule has 3 nitrogen and oxygen atoms in total. The largest absolute Gasteiger partial charge is 0.379 e. The Morgan fingerprint density at radius 1 is 1.50 bits per heavy atom. The van der Waals surface area contributed by atoms with Gasteiger partial charge in [-0.25, -0.2) is 0 Å². The van der Waals surface area contributed by atoms with Crippen molar-refractivity contribution < 1.29 is 0 Å². The van der Waals surface area contributed by atoms with Crippen molar-refractivity contribution in [3.05, 3.63) is 50.0 Å². The maximum Gasteiger partial charge on any atom is 0.250 e. The highest BCUT2D eigenvalue weighted by molar-refractivity contribution is 7.10. The summed E-state index contributed by atoms with van der Waals surface area (Å²) in [6, 6.07) is 5.25. The fourth-order valence-corrected chi connectivity index (χ4v) is 2.35. The van der Waals surface area contributed by atoms with E-state index in [0.29, 0.717) is 0 Å². The molecule has 2 aromatic rings. The lowest BCUT2D eigenvalue weighted by molar-refractivity contribution is 0.859. The average Bonchev–Trinajstić information content (AvgIpc) is 2.66. The minimum atomic E-state index is -0.00952. The minimum Gasteiger partial charge on any atom is -0.379 e.